The maximum Gasteiger partial charge on any atom is 0.232 e. The average molecular weight is 419 g/mol. The summed E-state index contributed by atoms with van der Waals surface area (Å²) < 4.78 is 31.3. The number of sulfonamides is 1. The third kappa shape index (κ3) is 7.42. The highest BCUT2D eigenvalue weighted by Gasteiger charge is 2.19. The molecule has 1 amide bonds. The van der Waals surface area contributed by atoms with Crippen LogP contribution in [0.3, 0.4) is 0 Å². The first-order valence-corrected chi connectivity index (χ1v) is 11.6. The summed E-state index contributed by atoms with van der Waals surface area (Å²) in [6, 6.07) is 14.9. The number of aryl methyl sites for hydroxylation is 1. The zero-order chi connectivity index (χ0) is 21.4. The minimum absolute atomic E-state index is 0.106. The zero-order valence-corrected chi connectivity index (χ0v) is 18.3. The van der Waals surface area contributed by atoms with Gasteiger partial charge < -0.3 is 10.1 Å². The zero-order valence-electron chi connectivity index (χ0n) is 17.5. The van der Waals surface area contributed by atoms with E-state index in [1.54, 1.807) is 6.07 Å². The lowest BCUT2D eigenvalue weighted by Crippen LogP contribution is -2.32. The van der Waals surface area contributed by atoms with Gasteiger partial charge in [-0.25, -0.2) is 8.42 Å². The first kappa shape index (κ1) is 22.7. The Kier molecular flexibility index (Phi) is 8.08. The lowest BCUT2D eigenvalue weighted by atomic mass is 10.2. The number of amides is 1. The highest BCUT2D eigenvalue weighted by atomic mass is 32.2. The number of anilines is 1. The molecule has 0 aliphatic rings. The van der Waals surface area contributed by atoms with Crippen molar-refractivity contribution in [1.82, 2.24) is 5.32 Å². The van der Waals surface area contributed by atoms with E-state index in [2.05, 4.69) is 5.32 Å². The van der Waals surface area contributed by atoms with E-state index in [0.717, 1.165) is 16.9 Å². The maximum atomic E-state index is 12.2. The molecule has 29 heavy (non-hydrogen) atoms. The molecule has 0 heterocycles. The second kappa shape index (κ2) is 10.3. The molecule has 0 aliphatic carbocycles. The number of nitrogens with one attached hydrogen (secondary N) is 1. The topological polar surface area (TPSA) is 75.7 Å². The van der Waals surface area contributed by atoms with E-state index in [4.69, 9.17) is 4.74 Å². The quantitative estimate of drug-likeness (QED) is 0.639. The fourth-order valence-electron chi connectivity index (χ4n) is 2.94. The van der Waals surface area contributed by atoms with Gasteiger partial charge in [-0.15, -0.1) is 0 Å². The molecule has 0 radical (unpaired) electrons. The molecule has 7 heteroatoms. The number of carbonyl (C=O) groups excluding carboxylic acids is 1. The summed E-state index contributed by atoms with van der Waals surface area (Å²) >= 11 is 0. The Balaban J connectivity index is 1.84. The van der Waals surface area contributed by atoms with Crippen molar-refractivity contribution in [2.75, 3.05) is 17.1 Å². The molecule has 2 aromatic rings. The molecular formula is C22H30N2O4S. The number of benzene rings is 2. The standard InChI is InChI=1S/C22H30N2O4S/c1-17(2)28-20-13-11-19(12-14-20)16-23-22(25)10-7-15-24(29(4,26)27)21-9-6-5-8-18(21)3/h5-6,8-9,11-14,17H,7,10,15-16H2,1-4H3,(H,23,25). The second-order valence-corrected chi connectivity index (χ2v) is 9.22. The first-order chi connectivity index (χ1) is 13.7. The number of hydrogen-bond acceptors (Lipinski definition) is 4. The second-order valence-electron chi connectivity index (χ2n) is 7.31. The Labute approximate surface area is 173 Å². The van der Waals surface area contributed by atoms with E-state index in [9.17, 15) is 13.2 Å². The number of carbonyl (C=O) groups is 1. The number of ether oxygens (including phenoxy) is 1. The molecule has 2 aromatic carbocycles. The fourth-order valence-corrected chi connectivity index (χ4v) is 3.96. The average Bonchev–Trinajstić information content (AvgIpc) is 2.64. The predicted octanol–water partition coefficient (Wildman–Crippen LogP) is 3.64. The lowest BCUT2D eigenvalue weighted by Gasteiger charge is -2.24. The van der Waals surface area contributed by atoms with Crippen LogP contribution in [0.25, 0.3) is 0 Å². The van der Waals surface area contributed by atoms with Gasteiger partial charge >= 0.3 is 0 Å². The summed E-state index contributed by atoms with van der Waals surface area (Å²) in [5.41, 5.74) is 2.51. The number of nitrogens with zero attached hydrogens (tertiary/aromatic N) is 1. The largest absolute Gasteiger partial charge is 0.491 e. The van der Waals surface area contributed by atoms with Crippen LogP contribution in [0.2, 0.25) is 0 Å². The van der Waals surface area contributed by atoms with Gasteiger partial charge in [-0.1, -0.05) is 30.3 Å². The third-order valence-corrected chi connectivity index (χ3v) is 5.51. The van der Waals surface area contributed by atoms with Crippen LogP contribution >= 0.6 is 0 Å². The molecule has 158 valence electrons. The summed E-state index contributed by atoms with van der Waals surface area (Å²) in [6.07, 6.45) is 2.00. The number of rotatable bonds is 10. The van der Waals surface area contributed by atoms with E-state index in [1.165, 1.54) is 10.6 Å². The summed E-state index contributed by atoms with van der Waals surface area (Å²) in [5.74, 6) is 0.692. The van der Waals surface area contributed by atoms with Crippen molar-refractivity contribution in [3.05, 3.63) is 59.7 Å². The smallest absolute Gasteiger partial charge is 0.232 e. The molecular weight excluding hydrogens is 388 g/mol. The fraction of sp³-hybridized carbons (Fsp3) is 0.409. The Morgan fingerprint density at radius 1 is 1.10 bits per heavy atom. The Morgan fingerprint density at radius 2 is 1.76 bits per heavy atom. The lowest BCUT2D eigenvalue weighted by molar-refractivity contribution is -0.121. The van der Waals surface area contributed by atoms with Gasteiger partial charge in [-0.2, -0.15) is 0 Å². The van der Waals surface area contributed by atoms with Crippen molar-refractivity contribution >= 4 is 21.6 Å². The van der Waals surface area contributed by atoms with Crippen molar-refractivity contribution < 1.29 is 17.9 Å². The molecule has 0 atom stereocenters. The van der Waals surface area contributed by atoms with Crippen molar-refractivity contribution in [2.24, 2.45) is 0 Å². The Bertz CT molecular complexity index is 909. The summed E-state index contributed by atoms with van der Waals surface area (Å²) in [6.45, 7) is 6.50. The molecule has 0 aromatic heterocycles. The number of para-hydroxylation sites is 1. The molecule has 0 saturated heterocycles. The van der Waals surface area contributed by atoms with E-state index < -0.39 is 10.0 Å². The van der Waals surface area contributed by atoms with Crippen LogP contribution < -0.4 is 14.4 Å². The SMILES string of the molecule is Cc1ccccc1N(CCCC(=O)NCc1ccc(OC(C)C)cc1)S(C)(=O)=O. The molecule has 0 saturated carbocycles. The normalized spacial score (nSPS) is 11.3. The van der Waals surface area contributed by atoms with Crippen LogP contribution in [-0.2, 0) is 21.4 Å². The van der Waals surface area contributed by atoms with E-state index >= 15 is 0 Å². The summed E-state index contributed by atoms with van der Waals surface area (Å²) in [4.78, 5) is 12.2. The Morgan fingerprint density at radius 3 is 2.34 bits per heavy atom. The van der Waals surface area contributed by atoms with Gasteiger partial charge in [0.25, 0.3) is 0 Å². The van der Waals surface area contributed by atoms with Gasteiger partial charge in [0.05, 0.1) is 18.0 Å². The molecule has 0 unspecified atom stereocenters. The van der Waals surface area contributed by atoms with E-state index in [0.29, 0.717) is 18.7 Å². The minimum atomic E-state index is -3.42. The van der Waals surface area contributed by atoms with Crippen LogP contribution in [-0.4, -0.2) is 33.2 Å². The third-order valence-electron chi connectivity index (χ3n) is 4.33. The molecule has 0 bridgehead atoms. The Hall–Kier alpha value is -2.54. The van der Waals surface area contributed by atoms with Crippen LogP contribution in [0, 0.1) is 6.92 Å². The van der Waals surface area contributed by atoms with E-state index in [1.807, 2.05) is 63.2 Å². The molecule has 1 N–H and O–H groups in total. The van der Waals surface area contributed by atoms with Crippen LogP contribution in [0.4, 0.5) is 5.69 Å². The minimum Gasteiger partial charge on any atom is -0.491 e. The molecule has 6 nitrogen and oxygen atoms in total. The number of hydrogen-bond donors (Lipinski definition) is 1. The predicted molar refractivity (Wildman–Crippen MR) is 117 cm³/mol. The first-order valence-electron chi connectivity index (χ1n) is 9.72. The van der Waals surface area contributed by atoms with Gasteiger partial charge in [-0.3, -0.25) is 9.10 Å². The maximum absolute atomic E-state index is 12.2. The van der Waals surface area contributed by atoms with Gasteiger partial charge in [0.15, 0.2) is 0 Å². The van der Waals surface area contributed by atoms with Crippen LogP contribution in [0.5, 0.6) is 5.75 Å². The highest BCUT2D eigenvalue weighted by Crippen LogP contribution is 2.22. The van der Waals surface area contributed by atoms with Crippen LogP contribution in [0.15, 0.2) is 48.5 Å². The van der Waals surface area contributed by atoms with Gasteiger partial charge in [0.1, 0.15) is 5.75 Å². The van der Waals surface area contributed by atoms with Crippen molar-refractivity contribution in [3.63, 3.8) is 0 Å². The monoisotopic (exact) mass is 418 g/mol. The van der Waals surface area contributed by atoms with Crippen molar-refractivity contribution in [1.29, 1.82) is 0 Å². The van der Waals surface area contributed by atoms with Crippen LogP contribution in [0.1, 0.15) is 37.8 Å². The van der Waals surface area contributed by atoms with Gasteiger partial charge in [-0.05, 0) is 56.5 Å². The van der Waals surface area contributed by atoms with Crippen molar-refractivity contribution in [3.8, 4) is 5.75 Å². The molecule has 2 rings (SSSR count). The van der Waals surface area contributed by atoms with E-state index in [-0.39, 0.29) is 25.0 Å². The van der Waals surface area contributed by atoms with Gasteiger partial charge in [0.2, 0.25) is 15.9 Å². The van der Waals surface area contributed by atoms with Gasteiger partial charge in [0, 0.05) is 19.5 Å². The highest BCUT2D eigenvalue weighted by molar-refractivity contribution is 7.92. The molecule has 0 aliphatic heterocycles. The summed E-state index contributed by atoms with van der Waals surface area (Å²) in [5, 5.41) is 2.88. The molecule has 0 fully saturated rings. The summed E-state index contributed by atoms with van der Waals surface area (Å²) in [7, 11) is -3.42. The van der Waals surface area contributed by atoms with Crippen molar-refractivity contribution in [2.45, 2.75) is 46.3 Å². The molecule has 0 spiro atoms.